The number of aliphatic hydroxyl groups is 1. The summed E-state index contributed by atoms with van der Waals surface area (Å²) in [7, 11) is 0. The Balaban J connectivity index is 1.70. The van der Waals surface area contributed by atoms with E-state index in [4.69, 9.17) is 11.6 Å². The number of halogens is 5. The summed E-state index contributed by atoms with van der Waals surface area (Å²) in [6.45, 7) is 0.0984. The van der Waals surface area contributed by atoms with Crippen molar-refractivity contribution in [1.29, 1.82) is 0 Å². The minimum Gasteiger partial charge on any atom is -0.404 e. The standard InChI is InChI=1S/C19H14ClF4N3O2/c20-14-7-12(3-6-17(14)29-19(22,23)24)15-8-18(27-10-26-15)25-9-16(28)11-1-4-13(21)5-2-11/h1-8,10,16,28H,9H2,(H,25,26,27)/t16-/m0/s1. The van der Waals surface area contributed by atoms with Gasteiger partial charge in [0.05, 0.1) is 16.8 Å². The summed E-state index contributed by atoms with van der Waals surface area (Å²) in [5, 5.41) is 12.9. The van der Waals surface area contributed by atoms with E-state index >= 15 is 0 Å². The van der Waals surface area contributed by atoms with Gasteiger partial charge in [0.25, 0.3) is 0 Å². The maximum atomic E-state index is 13.0. The van der Waals surface area contributed by atoms with Crippen LogP contribution in [0, 0.1) is 5.82 Å². The number of benzene rings is 2. The zero-order valence-electron chi connectivity index (χ0n) is 14.6. The lowest BCUT2D eigenvalue weighted by Crippen LogP contribution is -2.17. The summed E-state index contributed by atoms with van der Waals surface area (Å²) in [5.74, 6) is -0.541. The molecule has 152 valence electrons. The van der Waals surface area contributed by atoms with Crippen LogP contribution in [-0.4, -0.2) is 28.0 Å². The van der Waals surface area contributed by atoms with Crippen molar-refractivity contribution in [3.05, 3.63) is 71.3 Å². The molecular weight excluding hydrogens is 414 g/mol. The molecule has 5 nitrogen and oxygen atoms in total. The number of rotatable bonds is 6. The van der Waals surface area contributed by atoms with Gasteiger partial charge in [-0.3, -0.25) is 0 Å². The fraction of sp³-hybridized carbons (Fsp3) is 0.158. The lowest BCUT2D eigenvalue weighted by Gasteiger charge is -2.13. The molecule has 1 atom stereocenters. The van der Waals surface area contributed by atoms with Crippen LogP contribution in [0.2, 0.25) is 5.02 Å². The molecule has 0 amide bonds. The van der Waals surface area contributed by atoms with Crippen LogP contribution in [0.3, 0.4) is 0 Å². The second kappa shape index (κ2) is 8.62. The molecule has 0 radical (unpaired) electrons. The predicted octanol–water partition coefficient (Wildman–Crippen LogP) is 4.98. The normalized spacial score (nSPS) is 12.5. The number of alkyl halides is 3. The lowest BCUT2D eigenvalue weighted by molar-refractivity contribution is -0.274. The number of nitrogens with zero attached hydrogens (tertiary/aromatic N) is 2. The average Bonchev–Trinajstić information content (AvgIpc) is 2.67. The molecule has 29 heavy (non-hydrogen) atoms. The Labute approximate surface area is 168 Å². The molecule has 0 aliphatic heterocycles. The first-order chi connectivity index (χ1) is 13.7. The van der Waals surface area contributed by atoms with Crippen molar-refractivity contribution in [1.82, 2.24) is 9.97 Å². The highest BCUT2D eigenvalue weighted by Crippen LogP contribution is 2.33. The van der Waals surface area contributed by atoms with Gasteiger partial charge in [-0.2, -0.15) is 0 Å². The van der Waals surface area contributed by atoms with Crippen molar-refractivity contribution in [3.63, 3.8) is 0 Å². The van der Waals surface area contributed by atoms with Gasteiger partial charge in [0.1, 0.15) is 23.7 Å². The third kappa shape index (κ3) is 5.78. The van der Waals surface area contributed by atoms with Gasteiger partial charge in [-0.15, -0.1) is 13.2 Å². The summed E-state index contributed by atoms with van der Waals surface area (Å²) < 4.78 is 53.8. The molecule has 2 aromatic carbocycles. The number of ether oxygens (including phenoxy) is 1. The number of anilines is 1. The second-order valence-corrected chi connectivity index (χ2v) is 6.34. The van der Waals surface area contributed by atoms with Crippen LogP contribution in [0.15, 0.2) is 54.9 Å². The smallest absolute Gasteiger partial charge is 0.404 e. The molecule has 0 saturated carbocycles. The topological polar surface area (TPSA) is 67.3 Å². The summed E-state index contributed by atoms with van der Waals surface area (Å²) in [6.07, 6.45) is -4.49. The van der Waals surface area contributed by atoms with Crippen LogP contribution in [0.25, 0.3) is 11.3 Å². The molecule has 0 saturated heterocycles. The van der Waals surface area contributed by atoms with E-state index < -0.39 is 24.0 Å². The monoisotopic (exact) mass is 427 g/mol. The molecule has 2 N–H and O–H groups in total. The Kier molecular flexibility index (Phi) is 6.19. The molecule has 0 fully saturated rings. The number of hydrogen-bond donors (Lipinski definition) is 2. The Morgan fingerprint density at radius 3 is 2.45 bits per heavy atom. The van der Waals surface area contributed by atoms with Crippen LogP contribution >= 0.6 is 11.6 Å². The van der Waals surface area contributed by atoms with E-state index in [0.717, 1.165) is 6.07 Å². The molecule has 1 heterocycles. The molecule has 3 aromatic rings. The molecular formula is C19H14ClF4N3O2. The van der Waals surface area contributed by atoms with Gasteiger partial charge in [0.15, 0.2) is 0 Å². The molecule has 10 heteroatoms. The van der Waals surface area contributed by atoms with Crippen molar-refractivity contribution in [2.45, 2.75) is 12.5 Å². The van der Waals surface area contributed by atoms with Crippen LogP contribution in [0.1, 0.15) is 11.7 Å². The van der Waals surface area contributed by atoms with Crippen molar-refractivity contribution in [2.75, 3.05) is 11.9 Å². The minimum absolute atomic E-state index is 0.0984. The molecule has 3 rings (SSSR count). The van der Waals surface area contributed by atoms with Gasteiger partial charge in [-0.05, 0) is 35.9 Å². The Morgan fingerprint density at radius 2 is 1.79 bits per heavy atom. The predicted molar refractivity (Wildman–Crippen MR) is 99.0 cm³/mol. The maximum Gasteiger partial charge on any atom is 0.573 e. The quantitative estimate of drug-likeness (QED) is 0.543. The SMILES string of the molecule is O[C@@H](CNc1cc(-c2ccc(OC(F)(F)F)c(Cl)c2)ncn1)c1ccc(F)cc1. The van der Waals surface area contributed by atoms with Crippen molar-refractivity contribution < 1.29 is 27.4 Å². The van der Waals surface area contributed by atoms with E-state index in [1.54, 1.807) is 6.07 Å². The van der Waals surface area contributed by atoms with Crippen LogP contribution in [-0.2, 0) is 0 Å². The highest BCUT2D eigenvalue weighted by molar-refractivity contribution is 6.32. The Hall–Kier alpha value is -2.91. The summed E-state index contributed by atoms with van der Waals surface area (Å²) in [4.78, 5) is 8.11. The molecule has 0 aliphatic carbocycles. The maximum absolute atomic E-state index is 13.0. The number of aromatic nitrogens is 2. The highest BCUT2D eigenvalue weighted by atomic mass is 35.5. The van der Waals surface area contributed by atoms with E-state index in [1.807, 2.05) is 0 Å². The Bertz CT molecular complexity index is 984. The molecule has 0 unspecified atom stereocenters. The van der Waals surface area contributed by atoms with Gasteiger partial charge in [0, 0.05) is 18.2 Å². The van der Waals surface area contributed by atoms with Crippen molar-refractivity contribution in [3.8, 4) is 17.0 Å². The fourth-order valence-corrected chi connectivity index (χ4v) is 2.70. The lowest BCUT2D eigenvalue weighted by atomic mass is 10.1. The Morgan fingerprint density at radius 1 is 1.07 bits per heavy atom. The largest absolute Gasteiger partial charge is 0.573 e. The van der Waals surface area contributed by atoms with Crippen molar-refractivity contribution >= 4 is 17.4 Å². The van der Waals surface area contributed by atoms with Gasteiger partial charge >= 0.3 is 6.36 Å². The van der Waals surface area contributed by atoms with Crippen LogP contribution in [0.4, 0.5) is 23.4 Å². The first-order valence-corrected chi connectivity index (χ1v) is 8.64. The first kappa shape index (κ1) is 20.8. The van der Waals surface area contributed by atoms with Gasteiger partial charge in [-0.25, -0.2) is 14.4 Å². The zero-order chi connectivity index (χ0) is 21.0. The first-order valence-electron chi connectivity index (χ1n) is 8.26. The van der Waals surface area contributed by atoms with Gasteiger partial charge < -0.3 is 15.2 Å². The summed E-state index contributed by atoms with van der Waals surface area (Å²) >= 11 is 5.86. The van der Waals surface area contributed by atoms with E-state index in [2.05, 4.69) is 20.0 Å². The highest BCUT2D eigenvalue weighted by Gasteiger charge is 2.32. The summed E-state index contributed by atoms with van der Waals surface area (Å²) in [5.41, 5.74) is 1.38. The van der Waals surface area contributed by atoms with E-state index in [9.17, 15) is 22.7 Å². The molecule has 0 bridgehead atoms. The zero-order valence-corrected chi connectivity index (χ0v) is 15.4. The van der Waals surface area contributed by atoms with Crippen LogP contribution in [0.5, 0.6) is 5.75 Å². The van der Waals surface area contributed by atoms with Gasteiger partial charge in [0.2, 0.25) is 0 Å². The molecule has 1 aromatic heterocycles. The number of nitrogens with one attached hydrogen (secondary N) is 1. The second-order valence-electron chi connectivity index (χ2n) is 5.93. The van der Waals surface area contributed by atoms with E-state index in [-0.39, 0.29) is 11.6 Å². The van der Waals surface area contributed by atoms with E-state index in [0.29, 0.717) is 22.6 Å². The summed E-state index contributed by atoms with van der Waals surface area (Å²) in [6, 6.07) is 10.8. The molecule has 0 spiro atoms. The third-order valence-electron chi connectivity index (χ3n) is 3.85. The van der Waals surface area contributed by atoms with Crippen LogP contribution < -0.4 is 10.1 Å². The van der Waals surface area contributed by atoms with E-state index in [1.165, 1.54) is 42.7 Å². The number of aliphatic hydroxyl groups excluding tert-OH is 1. The fourth-order valence-electron chi connectivity index (χ4n) is 2.48. The molecule has 0 aliphatic rings. The minimum atomic E-state index is -4.84. The average molecular weight is 428 g/mol. The van der Waals surface area contributed by atoms with Gasteiger partial charge in [-0.1, -0.05) is 23.7 Å². The number of hydrogen-bond acceptors (Lipinski definition) is 5. The third-order valence-corrected chi connectivity index (χ3v) is 4.15. The van der Waals surface area contributed by atoms with Crippen molar-refractivity contribution in [2.24, 2.45) is 0 Å².